The summed E-state index contributed by atoms with van der Waals surface area (Å²) in [6.45, 7) is 9.47. The number of aryl methyl sites for hydroxylation is 1. The largest absolute Gasteiger partial charge is 0.327 e. The lowest BCUT2D eigenvalue weighted by Gasteiger charge is -2.18. The van der Waals surface area contributed by atoms with E-state index in [-0.39, 0.29) is 28.8 Å². The van der Waals surface area contributed by atoms with Crippen LogP contribution in [0.1, 0.15) is 57.4 Å². The maximum Gasteiger partial charge on any atom is 0.327 e. The van der Waals surface area contributed by atoms with Gasteiger partial charge in [-0.05, 0) is 56.5 Å². The van der Waals surface area contributed by atoms with E-state index in [0.29, 0.717) is 16.4 Å². The molecule has 1 aromatic carbocycles. The van der Waals surface area contributed by atoms with Crippen molar-refractivity contribution in [3.63, 3.8) is 0 Å². The first-order valence-corrected chi connectivity index (χ1v) is 11.8. The molecule has 8 heteroatoms. The van der Waals surface area contributed by atoms with Gasteiger partial charge in [0.05, 0.1) is 11.3 Å². The Bertz CT molecular complexity index is 1360. The quantitative estimate of drug-likeness (QED) is 0.429. The maximum absolute atomic E-state index is 13.8. The van der Waals surface area contributed by atoms with Crippen LogP contribution in [-0.2, 0) is 16.0 Å². The van der Waals surface area contributed by atoms with Crippen molar-refractivity contribution in [2.75, 3.05) is 0 Å². The van der Waals surface area contributed by atoms with Gasteiger partial charge >= 0.3 is 5.91 Å². The van der Waals surface area contributed by atoms with Crippen LogP contribution in [0.5, 0.6) is 0 Å². The Morgan fingerprint density at radius 2 is 1.68 bits per heavy atom. The second-order valence-electron chi connectivity index (χ2n) is 8.94. The molecular weight excluding hydrogens is 452 g/mol. The number of benzene rings is 1. The van der Waals surface area contributed by atoms with E-state index in [4.69, 9.17) is 11.6 Å². The Hall–Kier alpha value is -3.45. The van der Waals surface area contributed by atoms with E-state index in [1.54, 1.807) is 48.9 Å². The molecule has 1 aliphatic heterocycles. The molecule has 0 radical (unpaired) electrons. The first-order chi connectivity index (χ1) is 16.1. The number of carbonyl (C=O) groups excluding carboxylic acids is 2. The monoisotopic (exact) mass is 479 g/mol. The number of aromatic amines is 1. The molecule has 0 aliphatic carbocycles. The molecule has 0 atom stereocenters. The van der Waals surface area contributed by atoms with Gasteiger partial charge in [0.15, 0.2) is 12.4 Å². The Morgan fingerprint density at radius 3 is 2.26 bits per heavy atom. The summed E-state index contributed by atoms with van der Waals surface area (Å²) in [5, 5.41) is 3.72. The van der Waals surface area contributed by atoms with Crippen LogP contribution in [0.4, 0.5) is 0 Å². The number of pyridine rings is 1. The van der Waals surface area contributed by atoms with Crippen molar-refractivity contribution in [3.8, 4) is 5.69 Å². The van der Waals surface area contributed by atoms with Crippen LogP contribution < -0.4 is 10.1 Å². The predicted octanol–water partition coefficient (Wildman–Crippen LogP) is 3.94. The Kier molecular flexibility index (Phi) is 6.32. The molecule has 3 heterocycles. The van der Waals surface area contributed by atoms with Crippen molar-refractivity contribution in [1.29, 1.82) is 0 Å². The lowest BCUT2D eigenvalue weighted by molar-refractivity contribution is -0.577. The summed E-state index contributed by atoms with van der Waals surface area (Å²) < 4.78 is 3.06. The average Bonchev–Trinajstić information content (AvgIpc) is 3.27. The van der Waals surface area contributed by atoms with Gasteiger partial charge in [-0.15, -0.1) is 0 Å². The van der Waals surface area contributed by atoms with Crippen LogP contribution in [-0.4, -0.2) is 32.5 Å². The van der Waals surface area contributed by atoms with Gasteiger partial charge in [0.2, 0.25) is 0 Å². The van der Waals surface area contributed by atoms with Crippen molar-refractivity contribution in [3.05, 3.63) is 81.0 Å². The molecule has 7 nitrogen and oxygen atoms in total. The lowest BCUT2D eigenvalue weighted by Crippen LogP contribution is -2.42. The summed E-state index contributed by atoms with van der Waals surface area (Å²) in [6, 6.07) is 10.3. The Balaban J connectivity index is 2.05. The average molecular weight is 480 g/mol. The zero-order valence-electron chi connectivity index (χ0n) is 19.9. The van der Waals surface area contributed by atoms with Crippen LogP contribution in [0.3, 0.4) is 0 Å². The molecule has 4 rings (SSSR count). The van der Waals surface area contributed by atoms with Crippen molar-refractivity contribution < 1.29 is 14.2 Å². The second-order valence-corrected chi connectivity index (χ2v) is 9.38. The van der Waals surface area contributed by atoms with E-state index in [1.165, 1.54) is 9.58 Å². The molecule has 0 bridgehead atoms. The second kappa shape index (κ2) is 9.06. The lowest BCUT2D eigenvalue weighted by atomic mass is 9.98. The summed E-state index contributed by atoms with van der Waals surface area (Å²) in [5.74, 6) is -0.986. The molecule has 1 aliphatic rings. The minimum Gasteiger partial charge on any atom is -0.294 e. The minimum absolute atomic E-state index is 0.104. The third kappa shape index (κ3) is 3.90. The molecule has 0 unspecified atom stereocenters. The predicted molar refractivity (Wildman–Crippen MR) is 132 cm³/mol. The number of amides is 2. The van der Waals surface area contributed by atoms with E-state index < -0.39 is 17.4 Å². The summed E-state index contributed by atoms with van der Waals surface area (Å²) in [4.78, 5) is 42.2. The highest BCUT2D eigenvalue weighted by Crippen LogP contribution is 2.33. The first-order valence-electron chi connectivity index (χ1n) is 11.4. The fourth-order valence-corrected chi connectivity index (χ4v) is 4.35. The van der Waals surface area contributed by atoms with Crippen molar-refractivity contribution in [2.24, 2.45) is 0 Å². The summed E-state index contributed by atoms with van der Waals surface area (Å²) in [7, 11) is 0. The van der Waals surface area contributed by atoms with Gasteiger partial charge in [-0.2, -0.15) is 4.57 Å². The third-order valence-corrected chi connectivity index (χ3v) is 6.22. The van der Waals surface area contributed by atoms with Crippen molar-refractivity contribution in [2.45, 2.75) is 53.0 Å². The van der Waals surface area contributed by atoms with Crippen LogP contribution in [0.15, 0.2) is 53.6 Å². The molecule has 3 aromatic rings. The molecule has 1 N–H and O–H groups in total. The molecule has 176 valence electrons. The van der Waals surface area contributed by atoms with Crippen LogP contribution >= 0.6 is 11.6 Å². The molecule has 2 amide bonds. The zero-order chi connectivity index (χ0) is 24.7. The van der Waals surface area contributed by atoms with Gasteiger partial charge in [0, 0.05) is 28.4 Å². The normalized spacial score (nSPS) is 14.3. The Labute approximate surface area is 203 Å². The van der Waals surface area contributed by atoms with Gasteiger partial charge in [-0.3, -0.25) is 24.4 Å². The molecule has 0 saturated carbocycles. The molecular formula is C26H28ClN4O3+. The first kappa shape index (κ1) is 23.7. The van der Waals surface area contributed by atoms with E-state index >= 15 is 0 Å². The minimum atomic E-state index is -0.467. The number of carbonyl (C=O) groups is 2. The number of nitrogens with zero attached hydrogens (tertiary/aromatic N) is 3. The Morgan fingerprint density at radius 1 is 1.00 bits per heavy atom. The van der Waals surface area contributed by atoms with Crippen LogP contribution in [0, 0.1) is 0 Å². The van der Waals surface area contributed by atoms with Crippen molar-refractivity contribution >= 4 is 34.7 Å². The summed E-state index contributed by atoms with van der Waals surface area (Å²) >= 11 is 6.03. The van der Waals surface area contributed by atoms with Crippen molar-refractivity contribution in [1.82, 2.24) is 14.7 Å². The molecule has 0 fully saturated rings. The van der Waals surface area contributed by atoms with Gasteiger partial charge in [-0.1, -0.05) is 32.4 Å². The number of nitrogens with one attached hydrogen (secondary N) is 1. The van der Waals surface area contributed by atoms with Gasteiger partial charge in [-0.25, -0.2) is 4.68 Å². The fraction of sp³-hybridized carbons (Fsp3) is 0.308. The van der Waals surface area contributed by atoms with Gasteiger partial charge in [0.1, 0.15) is 5.57 Å². The molecule has 0 spiro atoms. The van der Waals surface area contributed by atoms with Crippen LogP contribution in [0.25, 0.3) is 17.0 Å². The number of halogens is 1. The van der Waals surface area contributed by atoms with Crippen LogP contribution in [0.2, 0.25) is 5.02 Å². The number of hydrogen-bond acceptors (Lipinski definition) is 3. The van der Waals surface area contributed by atoms with Gasteiger partial charge in [0.25, 0.3) is 17.2 Å². The van der Waals surface area contributed by atoms with E-state index in [9.17, 15) is 14.4 Å². The molecule has 34 heavy (non-hydrogen) atoms. The standard InChI is InChI=1S/C26H27ClN4O3/c1-6-17-8-7-13-29(14-17)23-21(24(32)30(16(4)5)26(23)34)20-22(15(2)3)28-31(25(20)33)19-11-9-18(27)10-12-19/h7-16H,6H2,1-5H3/p+1. The SMILES string of the molecule is CCc1ccc[n+](C2=C(c3c(C(C)C)[nH]n(-c4ccc(Cl)cc4)c3=O)C(=O)N(C(C)C)C2=O)c1. The molecule has 0 saturated heterocycles. The van der Waals surface area contributed by atoms with Gasteiger partial charge < -0.3 is 0 Å². The summed E-state index contributed by atoms with van der Waals surface area (Å²) in [6.07, 6.45) is 4.34. The number of rotatable bonds is 6. The highest BCUT2D eigenvalue weighted by Gasteiger charge is 2.48. The smallest absolute Gasteiger partial charge is 0.294 e. The summed E-state index contributed by atoms with van der Waals surface area (Å²) in [5.41, 5.74) is 2.32. The third-order valence-electron chi connectivity index (χ3n) is 5.97. The number of hydrogen-bond donors (Lipinski definition) is 1. The fourth-order valence-electron chi connectivity index (χ4n) is 4.23. The zero-order valence-corrected chi connectivity index (χ0v) is 20.7. The number of imide groups is 1. The van der Waals surface area contributed by atoms with E-state index in [1.807, 2.05) is 39.1 Å². The number of aromatic nitrogens is 3. The topological polar surface area (TPSA) is 79.1 Å². The van der Waals surface area contributed by atoms with E-state index in [2.05, 4.69) is 5.10 Å². The highest BCUT2D eigenvalue weighted by atomic mass is 35.5. The molecule has 2 aromatic heterocycles. The number of H-pyrrole nitrogens is 1. The highest BCUT2D eigenvalue weighted by molar-refractivity contribution is 6.44. The maximum atomic E-state index is 13.8. The van der Waals surface area contributed by atoms with E-state index in [0.717, 1.165) is 12.0 Å².